The SMILES string of the molecule is CC[C@H](CC(=O)NC(CCCOC)C(=O)O)NC(=O)OCC1c2ccccc2-c2ccccc21. The Hall–Kier alpha value is -3.39. The van der Waals surface area contributed by atoms with Gasteiger partial charge in [-0.2, -0.15) is 0 Å². The Labute approximate surface area is 199 Å². The molecule has 0 heterocycles. The monoisotopic (exact) mass is 468 g/mol. The molecule has 1 unspecified atom stereocenters. The topological polar surface area (TPSA) is 114 Å². The van der Waals surface area contributed by atoms with Gasteiger partial charge in [0, 0.05) is 32.1 Å². The molecule has 1 aliphatic carbocycles. The van der Waals surface area contributed by atoms with Crippen LogP contribution in [0.1, 0.15) is 49.7 Å². The quantitative estimate of drug-likeness (QED) is 0.410. The van der Waals surface area contributed by atoms with Crippen LogP contribution < -0.4 is 10.6 Å². The lowest BCUT2D eigenvalue weighted by atomic mass is 9.98. The predicted molar refractivity (Wildman–Crippen MR) is 128 cm³/mol. The van der Waals surface area contributed by atoms with E-state index in [4.69, 9.17) is 9.47 Å². The zero-order valence-corrected chi connectivity index (χ0v) is 19.6. The number of fused-ring (bicyclic) bond motifs is 3. The highest BCUT2D eigenvalue weighted by Crippen LogP contribution is 2.44. The summed E-state index contributed by atoms with van der Waals surface area (Å²) in [5, 5.41) is 14.6. The molecule has 8 nitrogen and oxygen atoms in total. The predicted octanol–water partition coefficient (Wildman–Crippen LogP) is 3.69. The van der Waals surface area contributed by atoms with Crippen LogP contribution in [-0.4, -0.2) is 55.5 Å². The Morgan fingerprint density at radius 3 is 2.18 bits per heavy atom. The fourth-order valence-electron chi connectivity index (χ4n) is 4.27. The molecule has 2 aromatic rings. The van der Waals surface area contributed by atoms with Crippen molar-refractivity contribution in [2.45, 2.75) is 50.6 Å². The van der Waals surface area contributed by atoms with Crippen LogP contribution in [0.15, 0.2) is 48.5 Å². The highest BCUT2D eigenvalue weighted by atomic mass is 16.5. The van der Waals surface area contributed by atoms with E-state index in [0.717, 1.165) is 22.3 Å². The molecular formula is C26H32N2O6. The summed E-state index contributed by atoms with van der Waals surface area (Å²) in [6.07, 6.45) is 0.652. The fourth-order valence-corrected chi connectivity index (χ4v) is 4.27. The third kappa shape index (κ3) is 6.35. The third-order valence-corrected chi connectivity index (χ3v) is 6.06. The van der Waals surface area contributed by atoms with Crippen molar-refractivity contribution >= 4 is 18.0 Å². The second-order valence-electron chi connectivity index (χ2n) is 8.37. The molecular weight excluding hydrogens is 436 g/mol. The van der Waals surface area contributed by atoms with Crippen molar-refractivity contribution in [3.05, 3.63) is 59.7 Å². The van der Waals surface area contributed by atoms with Crippen molar-refractivity contribution in [3.63, 3.8) is 0 Å². The van der Waals surface area contributed by atoms with Gasteiger partial charge in [-0.05, 0) is 41.5 Å². The number of carboxylic acids is 1. The summed E-state index contributed by atoms with van der Waals surface area (Å²) in [7, 11) is 1.54. The van der Waals surface area contributed by atoms with Crippen LogP contribution in [0.5, 0.6) is 0 Å². The average Bonchev–Trinajstić information content (AvgIpc) is 3.15. The number of alkyl carbamates (subject to hydrolysis) is 1. The largest absolute Gasteiger partial charge is 0.480 e. The number of carboxylic acid groups (broad SMARTS) is 1. The summed E-state index contributed by atoms with van der Waals surface area (Å²) in [5.41, 5.74) is 4.54. The molecule has 8 heteroatoms. The fraction of sp³-hybridized carbons (Fsp3) is 0.423. The van der Waals surface area contributed by atoms with E-state index < -0.39 is 30.1 Å². The Kier molecular flexibility index (Phi) is 9.04. The number of methoxy groups -OCH3 is 1. The number of carbonyl (C=O) groups is 3. The highest BCUT2D eigenvalue weighted by Gasteiger charge is 2.29. The van der Waals surface area contributed by atoms with Crippen molar-refractivity contribution in [1.29, 1.82) is 0 Å². The molecule has 0 radical (unpaired) electrons. The molecule has 0 saturated heterocycles. The van der Waals surface area contributed by atoms with E-state index in [1.54, 1.807) is 0 Å². The molecule has 3 N–H and O–H groups in total. The van der Waals surface area contributed by atoms with E-state index in [9.17, 15) is 19.5 Å². The maximum absolute atomic E-state index is 12.5. The van der Waals surface area contributed by atoms with E-state index in [-0.39, 0.29) is 25.4 Å². The molecule has 2 amide bonds. The molecule has 0 bridgehead atoms. The third-order valence-electron chi connectivity index (χ3n) is 6.06. The maximum Gasteiger partial charge on any atom is 0.407 e. The lowest BCUT2D eigenvalue weighted by Gasteiger charge is -2.20. The van der Waals surface area contributed by atoms with Gasteiger partial charge >= 0.3 is 12.1 Å². The first-order chi connectivity index (χ1) is 16.4. The van der Waals surface area contributed by atoms with E-state index in [0.29, 0.717) is 19.4 Å². The minimum Gasteiger partial charge on any atom is -0.480 e. The number of aliphatic carboxylic acids is 1. The number of rotatable bonds is 12. The number of amides is 2. The van der Waals surface area contributed by atoms with Crippen LogP contribution in [0.4, 0.5) is 4.79 Å². The smallest absolute Gasteiger partial charge is 0.407 e. The number of benzene rings is 2. The highest BCUT2D eigenvalue weighted by molar-refractivity contribution is 5.84. The van der Waals surface area contributed by atoms with Gasteiger partial charge in [-0.25, -0.2) is 9.59 Å². The number of hydrogen-bond donors (Lipinski definition) is 3. The Bertz CT molecular complexity index is 963. The van der Waals surface area contributed by atoms with E-state index in [2.05, 4.69) is 22.8 Å². The van der Waals surface area contributed by atoms with Crippen LogP contribution in [0.3, 0.4) is 0 Å². The van der Waals surface area contributed by atoms with Gasteiger partial charge in [0.25, 0.3) is 0 Å². The van der Waals surface area contributed by atoms with Gasteiger partial charge in [0.15, 0.2) is 0 Å². The molecule has 34 heavy (non-hydrogen) atoms. The van der Waals surface area contributed by atoms with Crippen LogP contribution in [-0.2, 0) is 19.1 Å². The summed E-state index contributed by atoms with van der Waals surface area (Å²) in [6.45, 7) is 2.44. The Balaban J connectivity index is 1.53. The number of nitrogens with one attached hydrogen (secondary N) is 2. The maximum atomic E-state index is 12.5. The summed E-state index contributed by atoms with van der Waals surface area (Å²) >= 11 is 0. The van der Waals surface area contributed by atoms with E-state index in [1.807, 2.05) is 43.3 Å². The zero-order chi connectivity index (χ0) is 24.5. The van der Waals surface area contributed by atoms with Gasteiger partial charge < -0.3 is 25.2 Å². The normalized spacial score (nSPS) is 13.9. The van der Waals surface area contributed by atoms with E-state index in [1.165, 1.54) is 7.11 Å². The van der Waals surface area contributed by atoms with Crippen molar-refractivity contribution < 1.29 is 29.0 Å². The lowest BCUT2D eigenvalue weighted by molar-refractivity contribution is -0.142. The standard InChI is InChI=1S/C26H32N2O6/c1-3-17(15-24(29)28-23(25(30)31)13-8-14-33-2)27-26(32)34-16-22-20-11-6-4-9-18(20)19-10-5-7-12-21(19)22/h4-7,9-12,17,22-23H,3,8,13-16H2,1-2H3,(H,27,32)(H,28,29)(H,30,31)/t17-,23?/m1/s1. The molecule has 2 aromatic carbocycles. The zero-order valence-electron chi connectivity index (χ0n) is 19.6. The van der Waals surface area contributed by atoms with Gasteiger partial charge in [0.1, 0.15) is 12.6 Å². The second-order valence-corrected chi connectivity index (χ2v) is 8.37. The van der Waals surface area contributed by atoms with Crippen molar-refractivity contribution in [3.8, 4) is 11.1 Å². The molecule has 1 aliphatic rings. The van der Waals surface area contributed by atoms with Crippen LogP contribution in [0.2, 0.25) is 0 Å². The molecule has 0 spiro atoms. The lowest BCUT2D eigenvalue weighted by Crippen LogP contribution is -2.44. The minimum absolute atomic E-state index is 0.0330. The first kappa shape index (κ1) is 25.2. The molecule has 2 atom stereocenters. The summed E-state index contributed by atoms with van der Waals surface area (Å²) in [5.74, 6) is -1.58. The minimum atomic E-state index is -1.10. The van der Waals surface area contributed by atoms with Gasteiger partial charge in [-0.1, -0.05) is 55.5 Å². The number of carbonyl (C=O) groups excluding carboxylic acids is 2. The average molecular weight is 469 g/mol. The van der Waals surface area contributed by atoms with Crippen LogP contribution in [0, 0.1) is 0 Å². The number of ether oxygens (including phenoxy) is 2. The van der Waals surface area contributed by atoms with Crippen molar-refractivity contribution in [2.24, 2.45) is 0 Å². The van der Waals surface area contributed by atoms with Crippen molar-refractivity contribution in [2.75, 3.05) is 20.3 Å². The van der Waals surface area contributed by atoms with Gasteiger partial charge in [0.05, 0.1) is 0 Å². The van der Waals surface area contributed by atoms with Crippen LogP contribution >= 0.6 is 0 Å². The van der Waals surface area contributed by atoms with Crippen molar-refractivity contribution in [1.82, 2.24) is 10.6 Å². The first-order valence-corrected chi connectivity index (χ1v) is 11.6. The molecule has 0 fully saturated rings. The first-order valence-electron chi connectivity index (χ1n) is 11.6. The Morgan fingerprint density at radius 1 is 1.00 bits per heavy atom. The molecule has 3 rings (SSSR count). The molecule has 0 aromatic heterocycles. The number of hydrogen-bond acceptors (Lipinski definition) is 5. The molecule has 0 saturated carbocycles. The Morgan fingerprint density at radius 2 is 1.62 bits per heavy atom. The second kappa shape index (κ2) is 12.2. The van der Waals surface area contributed by atoms with Gasteiger partial charge in [-0.15, -0.1) is 0 Å². The molecule has 182 valence electrons. The summed E-state index contributed by atoms with van der Waals surface area (Å²) in [4.78, 5) is 36.3. The van der Waals surface area contributed by atoms with E-state index >= 15 is 0 Å². The van der Waals surface area contributed by atoms with Gasteiger partial charge in [-0.3, -0.25) is 4.79 Å². The summed E-state index contributed by atoms with van der Waals surface area (Å²) in [6, 6.07) is 14.7. The van der Waals surface area contributed by atoms with Gasteiger partial charge in [0.2, 0.25) is 5.91 Å². The van der Waals surface area contributed by atoms with Crippen LogP contribution in [0.25, 0.3) is 11.1 Å². The summed E-state index contributed by atoms with van der Waals surface area (Å²) < 4.78 is 10.5. The molecule has 0 aliphatic heterocycles.